The number of piperidine rings is 1. The minimum Gasteiger partial charge on any atom is -0.339 e. The van der Waals surface area contributed by atoms with Crippen molar-refractivity contribution in [1.29, 1.82) is 0 Å². The van der Waals surface area contributed by atoms with E-state index in [1.54, 1.807) is 12.7 Å². The van der Waals surface area contributed by atoms with Crippen molar-refractivity contribution in [1.82, 2.24) is 29.8 Å². The first kappa shape index (κ1) is 17.4. The van der Waals surface area contributed by atoms with E-state index in [4.69, 9.17) is 4.52 Å². The molecule has 8 heteroatoms. The molecule has 1 saturated heterocycles. The fraction of sp³-hybridized carbons (Fsp3) is 0.421. The smallest absolute Gasteiger partial charge is 0.253 e. The van der Waals surface area contributed by atoms with Crippen LogP contribution in [0.25, 0.3) is 11.4 Å². The summed E-state index contributed by atoms with van der Waals surface area (Å²) in [7, 11) is 0. The van der Waals surface area contributed by atoms with Crippen molar-refractivity contribution in [3.05, 3.63) is 48.4 Å². The second kappa shape index (κ2) is 7.30. The van der Waals surface area contributed by atoms with E-state index < -0.39 is 0 Å². The van der Waals surface area contributed by atoms with Gasteiger partial charge in [0.2, 0.25) is 11.7 Å². The van der Waals surface area contributed by atoms with Crippen LogP contribution in [-0.2, 0) is 0 Å². The maximum Gasteiger partial charge on any atom is 0.253 e. The maximum atomic E-state index is 12.8. The van der Waals surface area contributed by atoms with E-state index in [2.05, 4.69) is 20.3 Å². The van der Waals surface area contributed by atoms with Gasteiger partial charge in [0.05, 0.1) is 0 Å². The summed E-state index contributed by atoms with van der Waals surface area (Å²) in [6, 6.07) is 7.75. The monoisotopic (exact) mass is 366 g/mol. The van der Waals surface area contributed by atoms with Gasteiger partial charge in [-0.15, -0.1) is 10.2 Å². The number of hydrogen-bond donors (Lipinski definition) is 0. The average molecular weight is 366 g/mol. The van der Waals surface area contributed by atoms with Crippen molar-refractivity contribution in [2.75, 3.05) is 13.1 Å². The number of carbonyl (C=O) groups is 1. The summed E-state index contributed by atoms with van der Waals surface area (Å²) in [5.41, 5.74) is 1.52. The highest BCUT2D eigenvalue weighted by atomic mass is 16.5. The van der Waals surface area contributed by atoms with Crippen LogP contribution in [0.5, 0.6) is 0 Å². The molecule has 27 heavy (non-hydrogen) atoms. The number of benzene rings is 1. The molecule has 0 bridgehead atoms. The van der Waals surface area contributed by atoms with Crippen molar-refractivity contribution < 1.29 is 9.32 Å². The molecular weight excluding hydrogens is 344 g/mol. The van der Waals surface area contributed by atoms with Crippen LogP contribution in [0.2, 0.25) is 0 Å². The SMILES string of the molecule is CC(C)c1nc(-c2ccc(C(=O)N3CCC(n4cnnc4)CC3)cc2)no1. The van der Waals surface area contributed by atoms with Crippen LogP contribution in [-0.4, -0.2) is 48.8 Å². The fourth-order valence-corrected chi connectivity index (χ4v) is 3.30. The fourth-order valence-electron chi connectivity index (χ4n) is 3.30. The average Bonchev–Trinajstić information content (AvgIpc) is 3.40. The molecule has 4 rings (SSSR count). The van der Waals surface area contributed by atoms with Gasteiger partial charge < -0.3 is 14.0 Å². The van der Waals surface area contributed by atoms with Crippen LogP contribution in [0.15, 0.2) is 41.4 Å². The van der Waals surface area contributed by atoms with Gasteiger partial charge in [0.25, 0.3) is 5.91 Å². The lowest BCUT2D eigenvalue weighted by Gasteiger charge is -2.32. The predicted octanol–water partition coefficient (Wildman–Crippen LogP) is 2.93. The van der Waals surface area contributed by atoms with Crippen LogP contribution in [0.1, 0.15) is 54.9 Å². The van der Waals surface area contributed by atoms with Crippen molar-refractivity contribution in [2.45, 2.75) is 38.6 Å². The molecule has 1 amide bonds. The summed E-state index contributed by atoms with van der Waals surface area (Å²) in [5, 5.41) is 11.7. The lowest BCUT2D eigenvalue weighted by Crippen LogP contribution is -2.38. The molecular formula is C19H22N6O2. The summed E-state index contributed by atoms with van der Waals surface area (Å²) in [6.07, 6.45) is 5.29. The molecule has 0 N–H and O–H groups in total. The van der Waals surface area contributed by atoms with E-state index >= 15 is 0 Å². The quantitative estimate of drug-likeness (QED) is 0.705. The number of hydrogen-bond acceptors (Lipinski definition) is 6. The van der Waals surface area contributed by atoms with E-state index in [9.17, 15) is 4.79 Å². The zero-order valence-electron chi connectivity index (χ0n) is 15.4. The lowest BCUT2D eigenvalue weighted by molar-refractivity contribution is 0.0694. The first-order chi connectivity index (χ1) is 13.1. The topological polar surface area (TPSA) is 89.9 Å². The number of rotatable bonds is 4. The van der Waals surface area contributed by atoms with Crippen molar-refractivity contribution in [3.8, 4) is 11.4 Å². The van der Waals surface area contributed by atoms with E-state index in [-0.39, 0.29) is 11.8 Å². The Kier molecular flexibility index (Phi) is 4.70. The molecule has 0 atom stereocenters. The van der Waals surface area contributed by atoms with Gasteiger partial charge in [0, 0.05) is 36.2 Å². The van der Waals surface area contributed by atoms with Gasteiger partial charge in [0.15, 0.2) is 0 Å². The minimum atomic E-state index is 0.0553. The normalized spacial score (nSPS) is 15.4. The first-order valence-electron chi connectivity index (χ1n) is 9.19. The third-order valence-electron chi connectivity index (χ3n) is 4.94. The molecule has 0 spiro atoms. The Balaban J connectivity index is 1.40. The highest BCUT2D eigenvalue weighted by Crippen LogP contribution is 2.24. The van der Waals surface area contributed by atoms with Crippen LogP contribution < -0.4 is 0 Å². The third kappa shape index (κ3) is 3.60. The van der Waals surface area contributed by atoms with Gasteiger partial charge in [-0.2, -0.15) is 4.98 Å². The number of aromatic nitrogens is 5. The summed E-state index contributed by atoms with van der Waals surface area (Å²) < 4.78 is 7.27. The van der Waals surface area contributed by atoms with Gasteiger partial charge in [-0.05, 0) is 25.0 Å². The van der Waals surface area contributed by atoms with Crippen molar-refractivity contribution in [2.24, 2.45) is 0 Å². The van der Waals surface area contributed by atoms with Crippen LogP contribution in [0, 0.1) is 0 Å². The number of amides is 1. The van der Waals surface area contributed by atoms with Crippen molar-refractivity contribution >= 4 is 5.91 Å². The molecule has 0 saturated carbocycles. The molecule has 0 aliphatic carbocycles. The molecule has 2 aromatic heterocycles. The molecule has 1 fully saturated rings. The Morgan fingerprint density at radius 1 is 1.11 bits per heavy atom. The van der Waals surface area contributed by atoms with E-state index in [0.717, 1.165) is 31.5 Å². The lowest BCUT2D eigenvalue weighted by atomic mass is 10.0. The molecule has 8 nitrogen and oxygen atoms in total. The van der Waals surface area contributed by atoms with Crippen LogP contribution in [0.3, 0.4) is 0 Å². The zero-order valence-corrected chi connectivity index (χ0v) is 15.4. The Morgan fingerprint density at radius 3 is 2.37 bits per heavy atom. The van der Waals surface area contributed by atoms with Gasteiger partial charge in [-0.3, -0.25) is 4.79 Å². The van der Waals surface area contributed by atoms with Gasteiger partial charge >= 0.3 is 0 Å². The Labute approximate surface area is 157 Å². The van der Waals surface area contributed by atoms with Crippen molar-refractivity contribution in [3.63, 3.8) is 0 Å². The minimum absolute atomic E-state index is 0.0553. The van der Waals surface area contributed by atoms with Gasteiger partial charge in [0.1, 0.15) is 12.7 Å². The second-order valence-electron chi connectivity index (χ2n) is 7.12. The van der Waals surface area contributed by atoms with E-state index in [0.29, 0.717) is 23.3 Å². The summed E-state index contributed by atoms with van der Waals surface area (Å²) in [5.74, 6) is 1.40. The molecule has 1 aliphatic heterocycles. The third-order valence-corrected chi connectivity index (χ3v) is 4.94. The number of carbonyl (C=O) groups excluding carboxylic acids is 1. The summed E-state index contributed by atoms with van der Waals surface area (Å²) >= 11 is 0. The van der Waals surface area contributed by atoms with Crippen LogP contribution in [0.4, 0.5) is 0 Å². The molecule has 1 aromatic carbocycles. The number of nitrogens with zero attached hydrogens (tertiary/aromatic N) is 6. The highest BCUT2D eigenvalue weighted by Gasteiger charge is 2.24. The zero-order chi connectivity index (χ0) is 18.8. The molecule has 3 heterocycles. The molecule has 1 aliphatic rings. The first-order valence-corrected chi connectivity index (χ1v) is 9.19. The predicted molar refractivity (Wildman–Crippen MR) is 98.0 cm³/mol. The molecule has 0 unspecified atom stereocenters. The molecule has 0 radical (unpaired) electrons. The molecule has 140 valence electrons. The van der Waals surface area contributed by atoms with E-state index in [1.165, 1.54) is 0 Å². The van der Waals surface area contributed by atoms with E-state index in [1.807, 2.05) is 47.6 Å². The molecule has 3 aromatic rings. The Bertz CT molecular complexity index is 893. The maximum absolute atomic E-state index is 12.8. The second-order valence-corrected chi connectivity index (χ2v) is 7.12. The summed E-state index contributed by atoms with van der Waals surface area (Å²) in [4.78, 5) is 19.1. The number of likely N-dealkylation sites (tertiary alicyclic amines) is 1. The highest BCUT2D eigenvalue weighted by molar-refractivity contribution is 5.94. The van der Waals surface area contributed by atoms with Gasteiger partial charge in [-0.25, -0.2) is 0 Å². The largest absolute Gasteiger partial charge is 0.339 e. The Hall–Kier alpha value is -3.03. The standard InChI is InChI=1S/C19H22N6O2/c1-13(2)18-22-17(23-27-18)14-3-5-15(6-4-14)19(26)24-9-7-16(8-10-24)25-11-20-21-12-25/h3-6,11-13,16H,7-10H2,1-2H3. The summed E-state index contributed by atoms with van der Waals surface area (Å²) in [6.45, 7) is 5.47. The van der Waals surface area contributed by atoms with Gasteiger partial charge in [-0.1, -0.05) is 31.1 Å². The van der Waals surface area contributed by atoms with Crippen LogP contribution >= 0.6 is 0 Å². The Morgan fingerprint density at radius 2 is 1.78 bits per heavy atom.